The van der Waals surface area contributed by atoms with Gasteiger partial charge in [0.25, 0.3) is 0 Å². The van der Waals surface area contributed by atoms with Crippen LogP contribution in [0, 0.1) is 5.41 Å². The van der Waals surface area contributed by atoms with Gasteiger partial charge < -0.3 is 16.4 Å². The van der Waals surface area contributed by atoms with Crippen LogP contribution in [0.25, 0.3) is 0 Å². The third-order valence-electron chi connectivity index (χ3n) is 4.56. The topological polar surface area (TPSA) is 67.2 Å². The normalized spacial score (nSPS) is 21.5. The second-order valence-corrected chi connectivity index (χ2v) is 5.75. The molecule has 1 aliphatic heterocycles. The van der Waals surface area contributed by atoms with E-state index in [1.807, 2.05) is 13.1 Å². The van der Waals surface area contributed by atoms with Crippen LogP contribution < -0.4 is 16.4 Å². The molecule has 4 N–H and O–H groups in total. The Hall–Kier alpha value is -1.39. The molecule has 0 saturated heterocycles. The minimum atomic E-state index is 0.117. The van der Waals surface area contributed by atoms with E-state index in [1.165, 1.54) is 24.0 Å². The Labute approximate surface area is 113 Å². The standard InChI is InChI=1S/C15H21N3O/c1-17-14(15(9-16)6-7-15)11-2-4-12-10(8-11)3-5-13(19)18-12/h2,4,8,14,17H,3,5-7,9,16H2,1H3,(H,18,19). The Kier molecular flexibility index (Phi) is 3.07. The van der Waals surface area contributed by atoms with Crippen molar-refractivity contribution in [3.63, 3.8) is 0 Å². The maximum absolute atomic E-state index is 11.4. The molecule has 1 heterocycles. The van der Waals surface area contributed by atoms with Crippen molar-refractivity contribution in [1.82, 2.24) is 5.32 Å². The summed E-state index contributed by atoms with van der Waals surface area (Å²) in [7, 11) is 2.00. The van der Waals surface area contributed by atoms with Crippen LogP contribution in [0.2, 0.25) is 0 Å². The molecule has 0 bridgehead atoms. The van der Waals surface area contributed by atoms with Crippen molar-refractivity contribution >= 4 is 11.6 Å². The predicted octanol–water partition coefficient (Wildman–Crippen LogP) is 1.57. The van der Waals surface area contributed by atoms with Crippen LogP contribution in [0.5, 0.6) is 0 Å². The van der Waals surface area contributed by atoms with Crippen molar-refractivity contribution in [3.05, 3.63) is 29.3 Å². The third kappa shape index (κ3) is 2.15. The van der Waals surface area contributed by atoms with E-state index in [9.17, 15) is 4.79 Å². The number of anilines is 1. The fraction of sp³-hybridized carbons (Fsp3) is 0.533. The van der Waals surface area contributed by atoms with Gasteiger partial charge in [0.05, 0.1) is 0 Å². The Morgan fingerprint density at radius 3 is 2.84 bits per heavy atom. The van der Waals surface area contributed by atoms with Crippen LogP contribution in [-0.4, -0.2) is 19.5 Å². The minimum absolute atomic E-state index is 0.117. The van der Waals surface area contributed by atoms with Gasteiger partial charge in [-0.1, -0.05) is 12.1 Å². The Morgan fingerprint density at radius 2 is 2.21 bits per heavy atom. The number of nitrogens with two attached hydrogens (primary N) is 1. The molecule has 1 fully saturated rings. The van der Waals surface area contributed by atoms with Gasteiger partial charge in [0.2, 0.25) is 5.91 Å². The van der Waals surface area contributed by atoms with Crippen molar-refractivity contribution in [3.8, 4) is 0 Å². The lowest BCUT2D eigenvalue weighted by molar-refractivity contribution is -0.116. The number of hydrogen-bond donors (Lipinski definition) is 3. The zero-order valence-corrected chi connectivity index (χ0v) is 11.3. The Bertz CT molecular complexity index is 508. The summed E-state index contributed by atoms with van der Waals surface area (Å²) in [6.07, 6.45) is 3.81. The number of carbonyl (C=O) groups is 1. The quantitative estimate of drug-likeness (QED) is 0.769. The van der Waals surface area contributed by atoms with Gasteiger partial charge in [0.15, 0.2) is 0 Å². The highest BCUT2D eigenvalue weighted by Gasteiger charge is 2.48. The molecule has 0 aromatic heterocycles. The number of fused-ring (bicyclic) bond motifs is 1. The average Bonchev–Trinajstić information content (AvgIpc) is 3.21. The predicted molar refractivity (Wildman–Crippen MR) is 75.9 cm³/mol. The lowest BCUT2D eigenvalue weighted by Gasteiger charge is -2.27. The summed E-state index contributed by atoms with van der Waals surface area (Å²) in [5.74, 6) is 0.117. The van der Waals surface area contributed by atoms with Crippen LogP contribution >= 0.6 is 0 Å². The molecule has 1 unspecified atom stereocenters. The number of hydrogen-bond acceptors (Lipinski definition) is 3. The number of carbonyl (C=O) groups excluding carboxylic acids is 1. The molecule has 2 aliphatic rings. The maximum Gasteiger partial charge on any atom is 0.224 e. The molecule has 0 spiro atoms. The van der Waals surface area contributed by atoms with E-state index in [2.05, 4.69) is 22.8 Å². The molecule has 4 nitrogen and oxygen atoms in total. The van der Waals surface area contributed by atoms with Crippen LogP contribution in [-0.2, 0) is 11.2 Å². The molecule has 1 saturated carbocycles. The first-order valence-electron chi connectivity index (χ1n) is 6.98. The summed E-state index contributed by atoms with van der Waals surface area (Å²) in [5.41, 5.74) is 9.68. The van der Waals surface area contributed by atoms with E-state index < -0.39 is 0 Å². The first kappa shape index (κ1) is 12.6. The summed E-state index contributed by atoms with van der Waals surface area (Å²) in [6.45, 7) is 0.728. The van der Waals surface area contributed by atoms with Crippen LogP contribution in [0.4, 0.5) is 5.69 Å². The summed E-state index contributed by atoms with van der Waals surface area (Å²) < 4.78 is 0. The van der Waals surface area contributed by atoms with Gasteiger partial charge in [-0.2, -0.15) is 0 Å². The number of rotatable bonds is 4. The highest BCUT2D eigenvalue weighted by atomic mass is 16.1. The molecule has 1 aromatic carbocycles. The van der Waals surface area contributed by atoms with Gasteiger partial charge in [-0.15, -0.1) is 0 Å². The second-order valence-electron chi connectivity index (χ2n) is 5.75. The molecule has 1 aromatic rings. The molecular weight excluding hydrogens is 238 g/mol. The summed E-state index contributed by atoms with van der Waals surface area (Å²) in [5, 5.41) is 6.35. The lowest BCUT2D eigenvalue weighted by Crippen LogP contribution is -2.32. The fourth-order valence-corrected chi connectivity index (χ4v) is 3.18. The summed E-state index contributed by atoms with van der Waals surface area (Å²) >= 11 is 0. The first-order valence-corrected chi connectivity index (χ1v) is 6.98. The minimum Gasteiger partial charge on any atom is -0.330 e. The Morgan fingerprint density at radius 1 is 1.42 bits per heavy atom. The smallest absolute Gasteiger partial charge is 0.224 e. The van der Waals surface area contributed by atoms with Crippen LogP contribution in [0.15, 0.2) is 18.2 Å². The molecular formula is C15H21N3O. The van der Waals surface area contributed by atoms with Crippen molar-refractivity contribution < 1.29 is 4.79 Å². The van der Waals surface area contributed by atoms with Crippen LogP contribution in [0.3, 0.4) is 0 Å². The molecule has 0 radical (unpaired) electrons. The second kappa shape index (κ2) is 4.62. The number of aryl methyl sites for hydroxylation is 1. The van der Waals surface area contributed by atoms with Crippen LogP contribution in [0.1, 0.15) is 36.4 Å². The van der Waals surface area contributed by atoms with E-state index >= 15 is 0 Å². The zero-order valence-electron chi connectivity index (χ0n) is 11.3. The SMILES string of the molecule is CNC(c1ccc2c(c1)CCC(=O)N2)C1(CN)CC1. The van der Waals surface area contributed by atoms with Gasteiger partial charge in [-0.3, -0.25) is 4.79 Å². The fourth-order valence-electron chi connectivity index (χ4n) is 3.18. The molecule has 4 heteroatoms. The number of benzene rings is 1. The molecule has 19 heavy (non-hydrogen) atoms. The largest absolute Gasteiger partial charge is 0.330 e. The summed E-state index contributed by atoms with van der Waals surface area (Å²) in [4.78, 5) is 11.4. The third-order valence-corrected chi connectivity index (χ3v) is 4.56. The van der Waals surface area contributed by atoms with E-state index in [1.54, 1.807) is 0 Å². The van der Waals surface area contributed by atoms with Gasteiger partial charge in [-0.25, -0.2) is 0 Å². The van der Waals surface area contributed by atoms with E-state index in [0.717, 1.165) is 18.7 Å². The molecule has 1 atom stereocenters. The van der Waals surface area contributed by atoms with Gasteiger partial charge in [0, 0.05) is 23.6 Å². The van der Waals surface area contributed by atoms with E-state index in [-0.39, 0.29) is 11.3 Å². The highest BCUT2D eigenvalue weighted by molar-refractivity contribution is 5.93. The van der Waals surface area contributed by atoms with Crippen molar-refractivity contribution in [2.75, 3.05) is 18.9 Å². The number of amides is 1. The van der Waals surface area contributed by atoms with Crippen molar-refractivity contribution in [2.45, 2.75) is 31.7 Å². The van der Waals surface area contributed by atoms with Crippen molar-refractivity contribution in [1.29, 1.82) is 0 Å². The summed E-state index contributed by atoms with van der Waals surface area (Å²) in [6, 6.07) is 6.69. The highest BCUT2D eigenvalue weighted by Crippen LogP contribution is 2.54. The van der Waals surface area contributed by atoms with Crippen molar-refractivity contribution in [2.24, 2.45) is 11.1 Å². The van der Waals surface area contributed by atoms with Gasteiger partial charge in [-0.05, 0) is 50.0 Å². The lowest BCUT2D eigenvalue weighted by atomic mass is 9.88. The van der Waals surface area contributed by atoms with E-state index in [0.29, 0.717) is 12.5 Å². The molecule has 1 amide bonds. The zero-order chi connectivity index (χ0) is 13.5. The first-order chi connectivity index (χ1) is 9.18. The monoisotopic (exact) mass is 259 g/mol. The number of nitrogens with one attached hydrogen (secondary N) is 2. The molecule has 1 aliphatic carbocycles. The molecule has 3 rings (SSSR count). The Balaban J connectivity index is 1.91. The average molecular weight is 259 g/mol. The van der Waals surface area contributed by atoms with Gasteiger partial charge >= 0.3 is 0 Å². The molecule has 102 valence electrons. The van der Waals surface area contributed by atoms with E-state index in [4.69, 9.17) is 5.73 Å². The van der Waals surface area contributed by atoms with Gasteiger partial charge in [0.1, 0.15) is 0 Å². The maximum atomic E-state index is 11.4.